The van der Waals surface area contributed by atoms with Crippen molar-refractivity contribution >= 4 is 11.8 Å². The first-order valence-electron chi connectivity index (χ1n) is 8.02. The molecule has 2 rings (SSSR count). The van der Waals surface area contributed by atoms with Gasteiger partial charge in [-0.1, -0.05) is 19.8 Å². The first kappa shape index (κ1) is 18.3. The summed E-state index contributed by atoms with van der Waals surface area (Å²) in [5.74, 6) is -0.446. The molecule has 0 spiro atoms. The Balaban J connectivity index is 1.83. The third-order valence-corrected chi connectivity index (χ3v) is 4.34. The standard InChI is InChI=1S/C17H21F3N2O2/c1-11-4-2-3-5-14(11)22-15(23)10-21-16(24)12-6-8-13(9-7-12)17(18,19)20/h6-9,11,14H,2-5,10H2,1H3,(H,21,24)(H,22,23)/t11-,14-/m1/s1. The predicted octanol–water partition coefficient (Wildman–Crippen LogP) is 3.13. The molecule has 1 aromatic rings. The monoisotopic (exact) mass is 342 g/mol. The average molecular weight is 342 g/mol. The maximum Gasteiger partial charge on any atom is 0.416 e. The van der Waals surface area contributed by atoms with E-state index in [-0.39, 0.29) is 24.1 Å². The minimum Gasteiger partial charge on any atom is -0.352 e. The maximum absolute atomic E-state index is 12.5. The van der Waals surface area contributed by atoms with Gasteiger partial charge in [-0.15, -0.1) is 0 Å². The Labute approximate surface area is 138 Å². The van der Waals surface area contributed by atoms with Crippen LogP contribution in [0.15, 0.2) is 24.3 Å². The highest BCUT2D eigenvalue weighted by Crippen LogP contribution is 2.29. The topological polar surface area (TPSA) is 58.2 Å². The number of carbonyl (C=O) groups excluding carboxylic acids is 2. The summed E-state index contributed by atoms with van der Waals surface area (Å²) in [6.07, 6.45) is -0.195. The quantitative estimate of drug-likeness (QED) is 0.883. The van der Waals surface area contributed by atoms with Crippen molar-refractivity contribution in [2.24, 2.45) is 5.92 Å². The van der Waals surface area contributed by atoms with Crippen molar-refractivity contribution < 1.29 is 22.8 Å². The summed E-state index contributed by atoms with van der Waals surface area (Å²) in [6, 6.07) is 4.00. The van der Waals surface area contributed by atoms with E-state index in [2.05, 4.69) is 17.6 Å². The van der Waals surface area contributed by atoms with Crippen molar-refractivity contribution in [2.45, 2.75) is 44.8 Å². The summed E-state index contributed by atoms with van der Waals surface area (Å²) < 4.78 is 37.4. The van der Waals surface area contributed by atoms with Gasteiger partial charge in [0.2, 0.25) is 5.91 Å². The minimum absolute atomic E-state index is 0.0850. The van der Waals surface area contributed by atoms with Gasteiger partial charge in [0, 0.05) is 11.6 Å². The van der Waals surface area contributed by atoms with Crippen molar-refractivity contribution in [2.75, 3.05) is 6.54 Å². The van der Waals surface area contributed by atoms with E-state index >= 15 is 0 Å². The van der Waals surface area contributed by atoms with E-state index < -0.39 is 17.6 Å². The van der Waals surface area contributed by atoms with Gasteiger partial charge in [-0.05, 0) is 43.0 Å². The van der Waals surface area contributed by atoms with E-state index in [4.69, 9.17) is 0 Å². The molecule has 1 aliphatic carbocycles. The summed E-state index contributed by atoms with van der Waals surface area (Å²) in [6.45, 7) is 1.90. The molecule has 132 valence electrons. The lowest BCUT2D eigenvalue weighted by molar-refractivity contribution is -0.137. The molecular weight excluding hydrogens is 321 g/mol. The van der Waals surface area contributed by atoms with E-state index in [0.717, 1.165) is 49.9 Å². The molecule has 4 nitrogen and oxygen atoms in total. The van der Waals surface area contributed by atoms with Gasteiger partial charge in [0.05, 0.1) is 12.1 Å². The van der Waals surface area contributed by atoms with Gasteiger partial charge in [0.15, 0.2) is 0 Å². The molecule has 2 amide bonds. The van der Waals surface area contributed by atoms with Crippen molar-refractivity contribution in [3.8, 4) is 0 Å². The second-order valence-corrected chi connectivity index (χ2v) is 6.19. The van der Waals surface area contributed by atoms with Crippen LogP contribution in [0.25, 0.3) is 0 Å². The van der Waals surface area contributed by atoms with Crippen LogP contribution in [0, 0.1) is 5.92 Å². The number of halogens is 3. The Morgan fingerprint density at radius 3 is 2.33 bits per heavy atom. The lowest BCUT2D eigenvalue weighted by Crippen LogP contribution is -2.45. The van der Waals surface area contributed by atoms with E-state index in [1.165, 1.54) is 0 Å². The number of nitrogens with one attached hydrogen (secondary N) is 2. The molecule has 0 bridgehead atoms. The lowest BCUT2D eigenvalue weighted by Gasteiger charge is -2.29. The van der Waals surface area contributed by atoms with E-state index in [1.54, 1.807) is 0 Å². The zero-order chi connectivity index (χ0) is 17.7. The third kappa shape index (κ3) is 4.97. The molecule has 0 heterocycles. The maximum atomic E-state index is 12.5. The smallest absolute Gasteiger partial charge is 0.352 e. The van der Waals surface area contributed by atoms with Crippen LogP contribution in [0.4, 0.5) is 13.2 Å². The van der Waals surface area contributed by atoms with Gasteiger partial charge < -0.3 is 10.6 Å². The number of hydrogen-bond donors (Lipinski definition) is 2. The first-order chi connectivity index (χ1) is 11.3. The summed E-state index contributed by atoms with van der Waals surface area (Å²) in [5.41, 5.74) is -0.732. The fourth-order valence-corrected chi connectivity index (χ4v) is 2.86. The number of alkyl halides is 3. The highest BCUT2D eigenvalue weighted by Gasteiger charge is 2.30. The highest BCUT2D eigenvalue weighted by molar-refractivity contribution is 5.96. The van der Waals surface area contributed by atoms with E-state index in [9.17, 15) is 22.8 Å². The van der Waals surface area contributed by atoms with E-state index in [0.29, 0.717) is 5.92 Å². The largest absolute Gasteiger partial charge is 0.416 e. The molecular formula is C17H21F3N2O2. The SMILES string of the molecule is C[C@@H]1CCCC[C@H]1NC(=O)CNC(=O)c1ccc(C(F)(F)F)cc1. The lowest BCUT2D eigenvalue weighted by atomic mass is 9.86. The van der Waals surface area contributed by atoms with Crippen LogP contribution in [-0.4, -0.2) is 24.4 Å². The number of rotatable bonds is 4. The Kier molecular flexibility index (Phi) is 5.85. The van der Waals surface area contributed by atoms with Gasteiger partial charge in [-0.25, -0.2) is 0 Å². The Hall–Kier alpha value is -2.05. The van der Waals surface area contributed by atoms with Crippen LogP contribution in [0.2, 0.25) is 0 Å². The van der Waals surface area contributed by atoms with Crippen molar-refractivity contribution in [3.63, 3.8) is 0 Å². The third-order valence-electron chi connectivity index (χ3n) is 4.34. The van der Waals surface area contributed by atoms with Crippen LogP contribution in [0.1, 0.15) is 48.5 Å². The normalized spacial score (nSPS) is 21.2. The summed E-state index contributed by atoms with van der Waals surface area (Å²) in [7, 11) is 0. The fraction of sp³-hybridized carbons (Fsp3) is 0.529. The molecule has 0 radical (unpaired) electrons. The van der Waals surface area contributed by atoms with Crippen LogP contribution >= 0.6 is 0 Å². The molecule has 0 saturated heterocycles. The van der Waals surface area contributed by atoms with E-state index in [1.807, 2.05) is 0 Å². The zero-order valence-electron chi connectivity index (χ0n) is 13.5. The molecule has 2 atom stereocenters. The first-order valence-corrected chi connectivity index (χ1v) is 8.02. The van der Waals surface area contributed by atoms with Crippen LogP contribution in [-0.2, 0) is 11.0 Å². The number of benzene rings is 1. The molecule has 1 fully saturated rings. The van der Waals surface area contributed by atoms with Crippen LogP contribution in [0.3, 0.4) is 0 Å². The average Bonchev–Trinajstić information content (AvgIpc) is 2.54. The molecule has 0 unspecified atom stereocenters. The Bertz CT molecular complexity index is 584. The van der Waals surface area contributed by atoms with Crippen LogP contribution < -0.4 is 10.6 Å². The second-order valence-electron chi connectivity index (χ2n) is 6.19. The number of hydrogen-bond acceptors (Lipinski definition) is 2. The van der Waals surface area contributed by atoms with Crippen molar-refractivity contribution in [1.29, 1.82) is 0 Å². The molecule has 7 heteroatoms. The molecule has 24 heavy (non-hydrogen) atoms. The van der Waals surface area contributed by atoms with Crippen molar-refractivity contribution in [1.82, 2.24) is 10.6 Å². The molecule has 1 saturated carbocycles. The highest BCUT2D eigenvalue weighted by atomic mass is 19.4. The molecule has 1 aliphatic rings. The second kappa shape index (κ2) is 7.68. The van der Waals surface area contributed by atoms with Gasteiger partial charge in [0.1, 0.15) is 0 Å². The van der Waals surface area contributed by atoms with Crippen molar-refractivity contribution in [3.05, 3.63) is 35.4 Å². The summed E-state index contributed by atoms with van der Waals surface area (Å²) >= 11 is 0. The number of carbonyl (C=O) groups is 2. The molecule has 1 aromatic carbocycles. The zero-order valence-corrected chi connectivity index (χ0v) is 13.5. The fourth-order valence-electron chi connectivity index (χ4n) is 2.86. The predicted molar refractivity (Wildman–Crippen MR) is 83.3 cm³/mol. The summed E-state index contributed by atoms with van der Waals surface area (Å²) in [4.78, 5) is 23.8. The molecule has 2 N–H and O–H groups in total. The van der Waals surface area contributed by atoms with Gasteiger partial charge in [-0.3, -0.25) is 9.59 Å². The van der Waals surface area contributed by atoms with Gasteiger partial charge in [0.25, 0.3) is 5.91 Å². The Morgan fingerprint density at radius 1 is 1.12 bits per heavy atom. The molecule has 0 aliphatic heterocycles. The van der Waals surface area contributed by atoms with Gasteiger partial charge in [-0.2, -0.15) is 13.2 Å². The van der Waals surface area contributed by atoms with Crippen LogP contribution in [0.5, 0.6) is 0 Å². The van der Waals surface area contributed by atoms with Gasteiger partial charge >= 0.3 is 6.18 Å². The minimum atomic E-state index is -4.44. The Morgan fingerprint density at radius 2 is 1.75 bits per heavy atom. The number of amides is 2. The summed E-state index contributed by atoms with van der Waals surface area (Å²) in [5, 5.41) is 5.33. The molecule has 0 aromatic heterocycles.